The van der Waals surface area contributed by atoms with Gasteiger partial charge in [0.25, 0.3) is 5.91 Å². The minimum Gasteiger partial charge on any atom is -0.463 e. The summed E-state index contributed by atoms with van der Waals surface area (Å²) in [6, 6.07) is -0.491. The molecule has 0 bridgehead atoms. The van der Waals surface area contributed by atoms with Gasteiger partial charge in [0.1, 0.15) is 5.92 Å². The second-order valence-electron chi connectivity index (χ2n) is 7.92. The van der Waals surface area contributed by atoms with Crippen LogP contribution in [0.1, 0.15) is 41.0 Å². The molecule has 0 saturated carbocycles. The second kappa shape index (κ2) is 11.5. The molecule has 1 atom stereocenters. The van der Waals surface area contributed by atoms with Crippen molar-refractivity contribution in [3.05, 3.63) is 22.5 Å². The van der Waals surface area contributed by atoms with Crippen LogP contribution in [0.25, 0.3) is 0 Å². The maximum atomic E-state index is 13.2. The normalized spacial score (nSPS) is 20.0. The largest absolute Gasteiger partial charge is 0.463 e. The molecule has 0 aliphatic carbocycles. The summed E-state index contributed by atoms with van der Waals surface area (Å²) in [6.07, 6.45) is 0.314. The summed E-state index contributed by atoms with van der Waals surface area (Å²) in [4.78, 5) is 52.6. The lowest BCUT2D eigenvalue weighted by molar-refractivity contribution is -0.156. The van der Waals surface area contributed by atoms with Gasteiger partial charge in [-0.15, -0.1) is 0 Å². The molecule has 2 aliphatic rings. The predicted molar refractivity (Wildman–Crippen MR) is 121 cm³/mol. The Morgan fingerprint density at radius 2 is 1.47 bits per heavy atom. The summed E-state index contributed by atoms with van der Waals surface area (Å²) in [5.74, 6) is -4.76. The topological polar surface area (TPSA) is 145 Å². The summed E-state index contributed by atoms with van der Waals surface area (Å²) >= 11 is 0. The molecule has 0 unspecified atom stereocenters. The highest BCUT2D eigenvalue weighted by Crippen LogP contribution is 2.32. The molecule has 1 saturated heterocycles. The molecule has 1 fully saturated rings. The third-order valence-corrected chi connectivity index (χ3v) is 7.39. The van der Waals surface area contributed by atoms with Crippen LogP contribution in [0.3, 0.4) is 0 Å². The third-order valence-electron chi connectivity index (χ3n) is 5.63. The van der Waals surface area contributed by atoms with Gasteiger partial charge in [0.15, 0.2) is 16.4 Å². The summed E-state index contributed by atoms with van der Waals surface area (Å²) in [7, 11) is -3.21. The Labute approximate surface area is 199 Å². The fourth-order valence-corrected chi connectivity index (χ4v) is 5.88. The van der Waals surface area contributed by atoms with Gasteiger partial charge < -0.3 is 24.4 Å². The number of amides is 1. The summed E-state index contributed by atoms with van der Waals surface area (Å²) in [5.41, 5.74) is 0.400. The number of esters is 3. The van der Waals surface area contributed by atoms with E-state index in [1.165, 1.54) is 4.90 Å². The Morgan fingerprint density at radius 3 is 1.88 bits per heavy atom. The molecular weight excluding hydrogens is 468 g/mol. The molecule has 2 rings (SSSR count). The van der Waals surface area contributed by atoms with Crippen molar-refractivity contribution in [2.75, 3.05) is 37.9 Å². The highest BCUT2D eigenvalue weighted by molar-refractivity contribution is 7.91. The van der Waals surface area contributed by atoms with E-state index in [1.807, 2.05) is 0 Å². The van der Waals surface area contributed by atoms with E-state index in [2.05, 4.69) is 5.32 Å². The first-order valence-corrected chi connectivity index (χ1v) is 13.0. The van der Waals surface area contributed by atoms with Gasteiger partial charge in [0, 0.05) is 24.0 Å². The zero-order chi connectivity index (χ0) is 25.6. The monoisotopic (exact) mass is 500 g/mol. The molecule has 2 aliphatic heterocycles. The van der Waals surface area contributed by atoms with Crippen molar-refractivity contribution >= 4 is 33.7 Å². The number of nitrogens with one attached hydrogen (secondary N) is 1. The maximum Gasteiger partial charge on any atom is 0.337 e. The van der Waals surface area contributed by atoms with Crippen molar-refractivity contribution < 1.29 is 41.8 Å². The fraction of sp³-hybridized carbons (Fsp3) is 0.636. The van der Waals surface area contributed by atoms with E-state index in [-0.39, 0.29) is 42.4 Å². The smallest absolute Gasteiger partial charge is 0.337 e. The highest BCUT2D eigenvalue weighted by atomic mass is 32.2. The molecule has 12 heteroatoms. The van der Waals surface area contributed by atoms with Gasteiger partial charge in [0.05, 0.1) is 35.9 Å². The average molecular weight is 501 g/mol. The zero-order valence-corrected chi connectivity index (χ0v) is 21.0. The lowest BCUT2D eigenvalue weighted by Crippen LogP contribution is -2.44. The van der Waals surface area contributed by atoms with Crippen LogP contribution in [0.4, 0.5) is 0 Å². The molecule has 0 aromatic rings. The highest BCUT2D eigenvalue weighted by Gasteiger charge is 2.43. The van der Waals surface area contributed by atoms with Crippen molar-refractivity contribution in [2.45, 2.75) is 47.1 Å². The number of carbonyl (C=O) groups excluding carboxylic acids is 4. The van der Waals surface area contributed by atoms with Gasteiger partial charge in [-0.2, -0.15) is 0 Å². The molecule has 0 radical (unpaired) electrons. The van der Waals surface area contributed by atoms with E-state index in [0.29, 0.717) is 17.8 Å². The lowest BCUT2D eigenvalue weighted by atomic mass is 9.85. The molecule has 1 N–H and O–H groups in total. The van der Waals surface area contributed by atoms with E-state index in [0.717, 1.165) is 0 Å². The minimum atomic E-state index is -3.21. The Morgan fingerprint density at radius 1 is 0.941 bits per heavy atom. The van der Waals surface area contributed by atoms with Crippen molar-refractivity contribution in [2.24, 2.45) is 5.92 Å². The van der Waals surface area contributed by atoms with E-state index in [9.17, 15) is 27.6 Å². The Bertz CT molecular complexity index is 973. The summed E-state index contributed by atoms with van der Waals surface area (Å²) in [5, 5.41) is 2.90. The Hall–Kier alpha value is -2.89. The third kappa shape index (κ3) is 6.16. The average Bonchev–Trinajstić information content (AvgIpc) is 3.11. The van der Waals surface area contributed by atoms with Crippen LogP contribution in [0.5, 0.6) is 0 Å². The van der Waals surface area contributed by atoms with Crippen LogP contribution < -0.4 is 5.32 Å². The standard InChI is InChI=1S/C22H32N2O9S/c1-6-24(15-9-10-34(29,30)12-15)16(25)11-33-22(28)19-17(20(26)31-7-2)13(4)23-14(5)18(19)21(27)32-8-3/h15,19,23H,6-12H2,1-5H3/t15-/m1/s1. The second-order valence-corrected chi connectivity index (χ2v) is 10.1. The van der Waals surface area contributed by atoms with Crippen molar-refractivity contribution in [1.29, 1.82) is 0 Å². The molecule has 190 valence electrons. The lowest BCUT2D eigenvalue weighted by Gasteiger charge is -2.29. The molecular formula is C22H32N2O9S. The van der Waals surface area contributed by atoms with E-state index in [1.54, 1.807) is 34.6 Å². The van der Waals surface area contributed by atoms with Crippen LogP contribution in [-0.2, 0) is 43.2 Å². The van der Waals surface area contributed by atoms with Gasteiger partial charge >= 0.3 is 17.9 Å². The molecule has 0 aromatic heterocycles. The number of ether oxygens (including phenoxy) is 3. The number of allylic oxidation sites excluding steroid dienone is 2. The van der Waals surface area contributed by atoms with Crippen molar-refractivity contribution in [3.63, 3.8) is 0 Å². The van der Waals surface area contributed by atoms with Gasteiger partial charge in [-0.1, -0.05) is 0 Å². The van der Waals surface area contributed by atoms with Gasteiger partial charge in [-0.05, 0) is 41.0 Å². The number of rotatable bonds is 9. The van der Waals surface area contributed by atoms with Crippen LogP contribution >= 0.6 is 0 Å². The molecule has 11 nitrogen and oxygen atoms in total. The molecule has 2 heterocycles. The number of likely N-dealkylation sites (N-methyl/N-ethyl adjacent to an activating group) is 1. The van der Waals surface area contributed by atoms with Gasteiger partial charge in [0.2, 0.25) is 0 Å². The van der Waals surface area contributed by atoms with Gasteiger partial charge in [-0.25, -0.2) is 18.0 Å². The molecule has 34 heavy (non-hydrogen) atoms. The molecule has 0 aromatic carbocycles. The number of sulfone groups is 1. The quantitative estimate of drug-likeness (QED) is 0.350. The predicted octanol–water partition coefficient (Wildman–Crippen LogP) is 0.459. The van der Waals surface area contributed by atoms with Crippen LogP contribution in [0, 0.1) is 5.92 Å². The van der Waals surface area contributed by atoms with Crippen LogP contribution in [0.2, 0.25) is 0 Å². The number of dihydropyridines is 1. The number of nitrogens with zero attached hydrogens (tertiary/aromatic N) is 1. The van der Waals surface area contributed by atoms with Gasteiger partial charge in [-0.3, -0.25) is 9.59 Å². The Kier molecular flexibility index (Phi) is 9.25. The SMILES string of the molecule is CCOC(=O)C1=C(C)NC(C)=C(C(=O)OCC)C1C(=O)OCC(=O)N(CC)[C@@H]1CCS(=O)(=O)C1. The summed E-state index contributed by atoms with van der Waals surface area (Å²) < 4.78 is 39.0. The number of hydrogen-bond acceptors (Lipinski definition) is 10. The first-order valence-electron chi connectivity index (χ1n) is 11.2. The fourth-order valence-electron chi connectivity index (χ4n) is 4.15. The zero-order valence-electron chi connectivity index (χ0n) is 20.1. The van der Waals surface area contributed by atoms with E-state index >= 15 is 0 Å². The first-order chi connectivity index (χ1) is 16.0. The number of hydrogen-bond donors (Lipinski definition) is 1. The van der Waals surface area contributed by atoms with Crippen LogP contribution in [-0.4, -0.2) is 81.0 Å². The minimum absolute atomic E-state index is 0.00372. The Balaban J connectivity index is 2.28. The van der Waals surface area contributed by atoms with Crippen molar-refractivity contribution in [1.82, 2.24) is 10.2 Å². The maximum absolute atomic E-state index is 13.2. The summed E-state index contributed by atoms with van der Waals surface area (Å²) in [6.45, 7) is 7.68. The van der Waals surface area contributed by atoms with Crippen molar-refractivity contribution in [3.8, 4) is 0 Å². The van der Waals surface area contributed by atoms with E-state index < -0.39 is 52.2 Å². The molecule has 1 amide bonds. The van der Waals surface area contributed by atoms with E-state index in [4.69, 9.17) is 14.2 Å². The number of carbonyl (C=O) groups is 4. The first kappa shape index (κ1) is 27.4. The molecule has 0 spiro atoms. The van der Waals surface area contributed by atoms with Crippen LogP contribution in [0.15, 0.2) is 22.5 Å².